The summed E-state index contributed by atoms with van der Waals surface area (Å²) in [6.07, 6.45) is 3.70. The molecule has 4 nitrogen and oxygen atoms in total. The molecule has 1 amide bonds. The minimum atomic E-state index is -0.767. The first kappa shape index (κ1) is 12.8. The molecule has 1 aromatic carbocycles. The Labute approximate surface area is 115 Å². The van der Waals surface area contributed by atoms with Gasteiger partial charge in [0, 0.05) is 17.0 Å². The number of aromatic nitrogens is 1. The number of amides is 1. The number of nitrogens with zero attached hydrogens (tertiary/aromatic N) is 1. The van der Waals surface area contributed by atoms with Gasteiger partial charge < -0.3 is 10.4 Å². The number of alkyl halides is 1. The SMILES string of the molecule is O=C(NC1(CF)CCC1)c1ncc2ccccc2c1O. The summed E-state index contributed by atoms with van der Waals surface area (Å²) < 4.78 is 13.0. The Kier molecular flexibility index (Phi) is 3.04. The largest absolute Gasteiger partial charge is 0.505 e. The van der Waals surface area contributed by atoms with E-state index in [4.69, 9.17) is 0 Å². The van der Waals surface area contributed by atoms with Crippen molar-refractivity contribution in [1.29, 1.82) is 0 Å². The quantitative estimate of drug-likeness (QED) is 0.904. The standard InChI is InChI=1S/C15H15FN2O2/c16-9-15(6-3-7-15)18-14(20)12-13(19)11-5-2-1-4-10(11)8-17-12/h1-2,4-5,8,19H,3,6-7,9H2,(H,18,20). The lowest BCUT2D eigenvalue weighted by atomic mass is 9.78. The van der Waals surface area contributed by atoms with Crippen molar-refractivity contribution in [3.8, 4) is 5.75 Å². The molecule has 0 saturated heterocycles. The number of benzene rings is 1. The van der Waals surface area contributed by atoms with Crippen LogP contribution in [0.4, 0.5) is 4.39 Å². The van der Waals surface area contributed by atoms with Crippen LogP contribution < -0.4 is 5.32 Å². The lowest BCUT2D eigenvalue weighted by Crippen LogP contribution is -2.55. The summed E-state index contributed by atoms with van der Waals surface area (Å²) in [7, 11) is 0. The van der Waals surface area contributed by atoms with Crippen molar-refractivity contribution < 1.29 is 14.3 Å². The zero-order valence-electron chi connectivity index (χ0n) is 10.9. The summed E-state index contributed by atoms with van der Waals surface area (Å²) in [5.41, 5.74) is -0.819. The van der Waals surface area contributed by atoms with E-state index in [2.05, 4.69) is 10.3 Å². The topological polar surface area (TPSA) is 62.2 Å². The van der Waals surface area contributed by atoms with Gasteiger partial charge in [-0.05, 0) is 19.3 Å². The van der Waals surface area contributed by atoms with E-state index >= 15 is 0 Å². The van der Waals surface area contributed by atoms with Gasteiger partial charge in [0.05, 0.1) is 5.54 Å². The van der Waals surface area contributed by atoms with Crippen molar-refractivity contribution in [2.75, 3.05) is 6.67 Å². The number of hydrogen-bond acceptors (Lipinski definition) is 3. The fraction of sp³-hybridized carbons (Fsp3) is 0.333. The van der Waals surface area contributed by atoms with Crippen LogP contribution in [0.1, 0.15) is 29.8 Å². The highest BCUT2D eigenvalue weighted by atomic mass is 19.1. The summed E-state index contributed by atoms with van der Waals surface area (Å²) >= 11 is 0. The first-order valence-corrected chi connectivity index (χ1v) is 6.60. The minimum Gasteiger partial charge on any atom is -0.505 e. The van der Waals surface area contributed by atoms with E-state index in [9.17, 15) is 14.3 Å². The zero-order valence-corrected chi connectivity index (χ0v) is 10.9. The molecule has 0 unspecified atom stereocenters. The van der Waals surface area contributed by atoms with E-state index in [0.717, 1.165) is 11.8 Å². The molecule has 0 aliphatic heterocycles. The number of pyridine rings is 1. The molecule has 0 radical (unpaired) electrons. The molecule has 104 valence electrons. The Morgan fingerprint density at radius 1 is 1.40 bits per heavy atom. The average molecular weight is 274 g/mol. The van der Waals surface area contributed by atoms with Crippen LogP contribution in [0, 0.1) is 0 Å². The van der Waals surface area contributed by atoms with Gasteiger partial charge in [0.2, 0.25) is 0 Å². The molecule has 1 aliphatic carbocycles. The Morgan fingerprint density at radius 2 is 2.15 bits per heavy atom. The summed E-state index contributed by atoms with van der Waals surface area (Å²) in [4.78, 5) is 16.2. The number of rotatable bonds is 3. The summed E-state index contributed by atoms with van der Waals surface area (Å²) in [6, 6.07) is 7.13. The van der Waals surface area contributed by atoms with E-state index < -0.39 is 18.1 Å². The smallest absolute Gasteiger partial charge is 0.274 e. The predicted molar refractivity (Wildman–Crippen MR) is 73.4 cm³/mol. The van der Waals surface area contributed by atoms with Crippen molar-refractivity contribution in [1.82, 2.24) is 10.3 Å². The van der Waals surface area contributed by atoms with Gasteiger partial charge in [0.1, 0.15) is 6.67 Å². The van der Waals surface area contributed by atoms with Crippen LogP contribution in [0.3, 0.4) is 0 Å². The van der Waals surface area contributed by atoms with E-state index in [1.54, 1.807) is 18.2 Å². The molecular weight excluding hydrogens is 259 g/mol. The van der Waals surface area contributed by atoms with E-state index in [0.29, 0.717) is 18.2 Å². The van der Waals surface area contributed by atoms with Gasteiger partial charge >= 0.3 is 0 Å². The third-order valence-corrected chi connectivity index (χ3v) is 3.93. The summed E-state index contributed by atoms with van der Waals surface area (Å²) in [5.74, 6) is -0.681. The monoisotopic (exact) mass is 274 g/mol. The molecule has 1 aliphatic rings. The molecule has 20 heavy (non-hydrogen) atoms. The van der Waals surface area contributed by atoms with E-state index in [1.165, 1.54) is 6.20 Å². The van der Waals surface area contributed by atoms with Crippen molar-refractivity contribution in [2.24, 2.45) is 0 Å². The normalized spacial score (nSPS) is 16.6. The van der Waals surface area contributed by atoms with Gasteiger partial charge in [-0.3, -0.25) is 4.79 Å². The minimum absolute atomic E-state index is 0.0524. The number of hydrogen-bond donors (Lipinski definition) is 2. The molecule has 1 aromatic heterocycles. The molecule has 0 spiro atoms. The molecule has 1 heterocycles. The van der Waals surface area contributed by atoms with Crippen molar-refractivity contribution in [3.63, 3.8) is 0 Å². The predicted octanol–water partition coefficient (Wildman–Crippen LogP) is 2.56. The summed E-state index contributed by atoms with van der Waals surface area (Å²) in [5, 5.41) is 14.1. The second-order valence-electron chi connectivity index (χ2n) is 5.26. The Balaban J connectivity index is 1.94. The summed E-state index contributed by atoms with van der Waals surface area (Å²) in [6.45, 7) is -0.590. The van der Waals surface area contributed by atoms with E-state index in [-0.39, 0.29) is 11.4 Å². The number of fused-ring (bicyclic) bond motifs is 1. The van der Waals surface area contributed by atoms with Crippen LogP contribution in [-0.4, -0.2) is 28.2 Å². The van der Waals surface area contributed by atoms with Gasteiger partial charge in [-0.15, -0.1) is 0 Å². The second-order valence-corrected chi connectivity index (χ2v) is 5.26. The fourth-order valence-corrected chi connectivity index (χ4v) is 2.51. The third kappa shape index (κ3) is 1.99. The van der Waals surface area contributed by atoms with Gasteiger partial charge in [0.15, 0.2) is 11.4 Å². The Hall–Kier alpha value is -2.17. The number of nitrogens with one attached hydrogen (secondary N) is 1. The van der Waals surface area contributed by atoms with Crippen LogP contribution in [0.15, 0.2) is 30.5 Å². The van der Waals surface area contributed by atoms with Crippen molar-refractivity contribution in [3.05, 3.63) is 36.2 Å². The molecule has 0 bridgehead atoms. The highest BCUT2D eigenvalue weighted by molar-refractivity contribution is 6.01. The van der Waals surface area contributed by atoms with Gasteiger partial charge in [-0.25, -0.2) is 9.37 Å². The Bertz CT molecular complexity index is 662. The maximum absolute atomic E-state index is 13.0. The lowest BCUT2D eigenvalue weighted by molar-refractivity contribution is 0.0766. The molecule has 0 atom stereocenters. The van der Waals surface area contributed by atoms with Gasteiger partial charge in [-0.2, -0.15) is 0 Å². The maximum Gasteiger partial charge on any atom is 0.274 e. The molecule has 1 saturated carbocycles. The van der Waals surface area contributed by atoms with Gasteiger partial charge in [-0.1, -0.05) is 24.3 Å². The van der Waals surface area contributed by atoms with Crippen LogP contribution in [0.25, 0.3) is 10.8 Å². The zero-order chi connectivity index (χ0) is 14.2. The molecule has 2 N–H and O–H groups in total. The van der Waals surface area contributed by atoms with Gasteiger partial charge in [0.25, 0.3) is 5.91 Å². The first-order valence-electron chi connectivity index (χ1n) is 6.60. The fourth-order valence-electron chi connectivity index (χ4n) is 2.51. The number of aromatic hydroxyl groups is 1. The van der Waals surface area contributed by atoms with Crippen LogP contribution in [-0.2, 0) is 0 Å². The molecule has 3 rings (SSSR count). The van der Waals surface area contributed by atoms with Crippen LogP contribution in [0.5, 0.6) is 5.75 Å². The lowest BCUT2D eigenvalue weighted by Gasteiger charge is -2.40. The average Bonchev–Trinajstić information content (AvgIpc) is 2.43. The Morgan fingerprint density at radius 3 is 2.80 bits per heavy atom. The second kappa shape index (κ2) is 4.74. The van der Waals surface area contributed by atoms with Crippen molar-refractivity contribution >= 4 is 16.7 Å². The van der Waals surface area contributed by atoms with Crippen LogP contribution in [0.2, 0.25) is 0 Å². The maximum atomic E-state index is 13.0. The van der Waals surface area contributed by atoms with E-state index in [1.807, 2.05) is 6.07 Å². The molecule has 1 fully saturated rings. The first-order chi connectivity index (χ1) is 9.65. The van der Waals surface area contributed by atoms with Crippen LogP contribution >= 0.6 is 0 Å². The number of halogens is 1. The number of carbonyl (C=O) groups excluding carboxylic acids is 1. The number of carbonyl (C=O) groups is 1. The third-order valence-electron chi connectivity index (χ3n) is 3.93. The molecular formula is C15H15FN2O2. The highest BCUT2D eigenvalue weighted by Gasteiger charge is 2.39. The molecule has 2 aromatic rings. The van der Waals surface area contributed by atoms with Crippen molar-refractivity contribution in [2.45, 2.75) is 24.8 Å². The molecule has 5 heteroatoms. The highest BCUT2D eigenvalue weighted by Crippen LogP contribution is 2.33.